The Bertz CT molecular complexity index is 703. The summed E-state index contributed by atoms with van der Waals surface area (Å²) in [4.78, 5) is 14.8. The van der Waals surface area contributed by atoms with E-state index in [0.29, 0.717) is 6.42 Å². The first kappa shape index (κ1) is 16.7. The van der Waals surface area contributed by atoms with Gasteiger partial charge in [0, 0.05) is 18.7 Å². The third-order valence-corrected chi connectivity index (χ3v) is 4.99. The molecular formula is C19H24FN3O. The third kappa shape index (κ3) is 3.21. The normalized spacial score (nSPS) is 18.8. The zero-order chi connectivity index (χ0) is 17.3. The van der Waals surface area contributed by atoms with Crippen molar-refractivity contribution in [3.05, 3.63) is 52.6 Å². The van der Waals surface area contributed by atoms with Crippen molar-refractivity contribution in [2.45, 2.75) is 52.0 Å². The van der Waals surface area contributed by atoms with E-state index in [1.165, 1.54) is 12.1 Å². The Morgan fingerprint density at radius 2 is 2.08 bits per heavy atom. The van der Waals surface area contributed by atoms with Crippen LogP contribution in [0.15, 0.2) is 24.3 Å². The summed E-state index contributed by atoms with van der Waals surface area (Å²) in [6.45, 7) is 6.81. The standard InChI is InChI=1S/C19H24FN3O/c1-12(19-13(2)21-22-14(19)3)11-18(24)23-10-4-5-17(23)15-6-8-16(20)9-7-15/h6-9,12,17H,4-5,10-11H2,1-3H3,(H,21,22)/t12-,17+/m0/s1. The van der Waals surface area contributed by atoms with Crippen molar-refractivity contribution < 1.29 is 9.18 Å². The average Bonchev–Trinajstić information content (AvgIpc) is 3.15. The molecule has 3 rings (SSSR count). The number of nitrogens with one attached hydrogen (secondary N) is 1. The second kappa shape index (κ2) is 6.75. The molecule has 2 heterocycles. The number of aromatic nitrogens is 2. The zero-order valence-electron chi connectivity index (χ0n) is 14.5. The lowest BCUT2D eigenvalue weighted by atomic mass is 9.95. The van der Waals surface area contributed by atoms with Crippen molar-refractivity contribution in [2.24, 2.45) is 0 Å². The molecule has 0 aliphatic carbocycles. The number of benzene rings is 1. The molecule has 0 saturated carbocycles. The lowest BCUT2D eigenvalue weighted by molar-refractivity contribution is -0.132. The molecule has 1 aliphatic rings. The Balaban J connectivity index is 1.73. The number of carbonyl (C=O) groups is 1. The quantitative estimate of drug-likeness (QED) is 0.921. The molecule has 2 aromatic rings. The van der Waals surface area contributed by atoms with E-state index in [0.717, 1.165) is 41.9 Å². The number of nitrogens with zero attached hydrogens (tertiary/aromatic N) is 2. The lowest BCUT2D eigenvalue weighted by Gasteiger charge is -2.26. The van der Waals surface area contributed by atoms with Gasteiger partial charge in [-0.15, -0.1) is 0 Å². The highest BCUT2D eigenvalue weighted by atomic mass is 19.1. The molecule has 2 atom stereocenters. The molecular weight excluding hydrogens is 305 g/mol. The molecule has 1 N–H and O–H groups in total. The molecule has 1 aromatic carbocycles. The summed E-state index contributed by atoms with van der Waals surface area (Å²) in [5.41, 5.74) is 4.15. The Labute approximate surface area is 142 Å². The average molecular weight is 329 g/mol. The minimum Gasteiger partial charge on any atom is -0.336 e. The van der Waals surface area contributed by atoms with Crippen LogP contribution in [-0.2, 0) is 4.79 Å². The van der Waals surface area contributed by atoms with E-state index in [2.05, 4.69) is 17.1 Å². The van der Waals surface area contributed by atoms with Gasteiger partial charge in [-0.05, 0) is 55.9 Å². The highest BCUT2D eigenvalue weighted by molar-refractivity contribution is 5.78. The van der Waals surface area contributed by atoms with Crippen LogP contribution in [0.1, 0.15) is 60.7 Å². The van der Waals surface area contributed by atoms with Crippen molar-refractivity contribution >= 4 is 5.91 Å². The van der Waals surface area contributed by atoms with Gasteiger partial charge in [-0.1, -0.05) is 19.1 Å². The number of H-pyrrole nitrogens is 1. The Kier molecular flexibility index (Phi) is 4.69. The van der Waals surface area contributed by atoms with Gasteiger partial charge in [0.2, 0.25) is 5.91 Å². The summed E-state index contributed by atoms with van der Waals surface area (Å²) in [5.74, 6) is 0.0502. The molecule has 0 bridgehead atoms. The molecule has 1 saturated heterocycles. The maximum Gasteiger partial charge on any atom is 0.223 e. The van der Waals surface area contributed by atoms with Gasteiger partial charge in [0.25, 0.3) is 0 Å². The number of rotatable bonds is 4. The van der Waals surface area contributed by atoms with Crippen molar-refractivity contribution in [2.75, 3.05) is 6.54 Å². The number of aromatic amines is 1. The van der Waals surface area contributed by atoms with Crippen LogP contribution < -0.4 is 0 Å². The third-order valence-electron chi connectivity index (χ3n) is 4.99. The first-order valence-corrected chi connectivity index (χ1v) is 8.53. The predicted molar refractivity (Wildman–Crippen MR) is 91.2 cm³/mol. The summed E-state index contributed by atoms with van der Waals surface area (Å²) in [5, 5.41) is 7.22. The predicted octanol–water partition coefficient (Wildman–Crippen LogP) is 4.02. The van der Waals surface area contributed by atoms with Crippen LogP contribution in [0.4, 0.5) is 4.39 Å². The van der Waals surface area contributed by atoms with E-state index in [1.54, 1.807) is 12.1 Å². The monoisotopic (exact) mass is 329 g/mol. The second-order valence-corrected chi connectivity index (χ2v) is 6.75. The van der Waals surface area contributed by atoms with Gasteiger partial charge >= 0.3 is 0 Å². The van der Waals surface area contributed by atoms with E-state index in [1.807, 2.05) is 18.7 Å². The molecule has 24 heavy (non-hydrogen) atoms. The number of amides is 1. The van der Waals surface area contributed by atoms with Gasteiger partial charge in [-0.3, -0.25) is 9.89 Å². The molecule has 4 nitrogen and oxygen atoms in total. The second-order valence-electron chi connectivity index (χ2n) is 6.75. The lowest BCUT2D eigenvalue weighted by Crippen LogP contribution is -2.31. The van der Waals surface area contributed by atoms with Crippen molar-refractivity contribution in [3.63, 3.8) is 0 Å². The van der Waals surface area contributed by atoms with E-state index < -0.39 is 0 Å². The van der Waals surface area contributed by atoms with Crippen LogP contribution in [0.2, 0.25) is 0 Å². The number of hydrogen-bond acceptors (Lipinski definition) is 2. The Morgan fingerprint density at radius 3 is 2.71 bits per heavy atom. The summed E-state index contributed by atoms with van der Waals surface area (Å²) in [6.07, 6.45) is 2.40. The van der Waals surface area contributed by atoms with E-state index >= 15 is 0 Å². The molecule has 1 amide bonds. The van der Waals surface area contributed by atoms with E-state index in [-0.39, 0.29) is 23.7 Å². The Morgan fingerprint density at radius 1 is 1.38 bits per heavy atom. The van der Waals surface area contributed by atoms with Crippen LogP contribution >= 0.6 is 0 Å². The summed E-state index contributed by atoms with van der Waals surface area (Å²) >= 11 is 0. The van der Waals surface area contributed by atoms with Crippen LogP contribution in [0.25, 0.3) is 0 Å². The Hall–Kier alpha value is -2.17. The molecule has 0 radical (unpaired) electrons. The van der Waals surface area contributed by atoms with Crippen LogP contribution in [-0.4, -0.2) is 27.5 Å². The first-order chi connectivity index (χ1) is 11.5. The smallest absolute Gasteiger partial charge is 0.223 e. The number of hydrogen-bond donors (Lipinski definition) is 1. The topological polar surface area (TPSA) is 49.0 Å². The number of carbonyl (C=O) groups excluding carboxylic acids is 1. The zero-order valence-corrected chi connectivity index (χ0v) is 14.5. The van der Waals surface area contributed by atoms with Gasteiger partial charge in [0.15, 0.2) is 0 Å². The van der Waals surface area contributed by atoms with Gasteiger partial charge in [-0.25, -0.2) is 4.39 Å². The SMILES string of the molecule is Cc1n[nH]c(C)c1[C@@H](C)CC(=O)N1CCC[C@@H]1c1ccc(F)cc1. The molecule has 1 aliphatic heterocycles. The fourth-order valence-electron chi connectivity index (χ4n) is 3.86. The number of aryl methyl sites for hydroxylation is 2. The van der Waals surface area contributed by atoms with Gasteiger partial charge in [0.05, 0.1) is 11.7 Å². The van der Waals surface area contributed by atoms with Crippen molar-refractivity contribution in [3.8, 4) is 0 Å². The van der Waals surface area contributed by atoms with Crippen molar-refractivity contribution in [1.29, 1.82) is 0 Å². The minimum atomic E-state index is -0.242. The van der Waals surface area contributed by atoms with E-state index in [4.69, 9.17) is 0 Å². The van der Waals surface area contributed by atoms with E-state index in [9.17, 15) is 9.18 Å². The molecule has 0 spiro atoms. The van der Waals surface area contributed by atoms with Gasteiger partial charge in [0.1, 0.15) is 5.82 Å². The maximum absolute atomic E-state index is 13.1. The van der Waals surface area contributed by atoms with Crippen LogP contribution in [0, 0.1) is 19.7 Å². The van der Waals surface area contributed by atoms with Crippen LogP contribution in [0.3, 0.4) is 0 Å². The van der Waals surface area contributed by atoms with Crippen molar-refractivity contribution in [1.82, 2.24) is 15.1 Å². The largest absolute Gasteiger partial charge is 0.336 e. The fourth-order valence-corrected chi connectivity index (χ4v) is 3.86. The maximum atomic E-state index is 13.1. The number of halogens is 1. The molecule has 0 unspecified atom stereocenters. The van der Waals surface area contributed by atoms with Gasteiger partial charge in [-0.2, -0.15) is 5.10 Å². The highest BCUT2D eigenvalue weighted by Gasteiger charge is 2.31. The highest BCUT2D eigenvalue weighted by Crippen LogP contribution is 2.34. The summed E-state index contributed by atoms with van der Waals surface area (Å²) < 4.78 is 13.1. The number of likely N-dealkylation sites (tertiary alicyclic amines) is 1. The fraction of sp³-hybridized carbons (Fsp3) is 0.474. The van der Waals surface area contributed by atoms with Gasteiger partial charge < -0.3 is 4.90 Å². The minimum absolute atomic E-state index is 0.0665. The summed E-state index contributed by atoms with van der Waals surface area (Å²) in [6, 6.07) is 6.59. The molecule has 1 fully saturated rings. The first-order valence-electron chi connectivity index (χ1n) is 8.53. The molecule has 1 aromatic heterocycles. The summed E-state index contributed by atoms with van der Waals surface area (Å²) in [7, 11) is 0. The molecule has 128 valence electrons. The van der Waals surface area contributed by atoms with Crippen LogP contribution in [0.5, 0.6) is 0 Å². The molecule has 5 heteroatoms.